The molecule has 0 unspecified atom stereocenters. The van der Waals surface area contributed by atoms with Crippen LogP contribution in [0, 0.1) is 5.41 Å². The van der Waals surface area contributed by atoms with Gasteiger partial charge in [-0.15, -0.1) is 4.72 Å². The highest BCUT2D eigenvalue weighted by Gasteiger charge is 2.51. The van der Waals surface area contributed by atoms with Crippen molar-refractivity contribution in [3.8, 4) is 0 Å². The van der Waals surface area contributed by atoms with Crippen LogP contribution < -0.4 is 4.72 Å². The van der Waals surface area contributed by atoms with Crippen LogP contribution in [0.3, 0.4) is 0 Å². The van der Waals surface area contributed by atoms with Gasteiger partial charge in [-0.1, -0.05) is 24.3 Å². The van der Waals surface area contributed by atoms with Gasteiger partial charge >= 0.3 is 6.09 Å². The fourth-order valence-electron chi connectivity index (χ4n) is 4.19. The van der Waals surface area contributed by atoms with Crippen molar-refractivity contribution in [2.45, 2.75) is 77.2 Å². The molecule has 0 aromatic heterocycles. The molecule has 2 aliphatic rings. The summed E-state index contributed by atoms with van der Waals surface area (Å²) >= 11 is -1.15. The third kappa shape index (κ3) is 4.50. The third-order valence-electron chi connectivity index (χ3n) is 5.71. The van der Waals surface area contributed by atoms with Crippen LogP contribution in [-0.4, -0.2) is 39.0 Å². The van der Waals surface area contributed by atoms with Crippen LogP contribution in [0.15, 0.2) is 24.3 Å². The smallest absolute Gasteiger partial charge is 0.410 e. The Morgan fingerprint density at radius 1 is 1.18 bits per heavy atom. The molecule has 0 saturated carbocycles. The lowest BCUT2D eigenvalue weighted by Crippen LogP contribution is -2.51. The van der Waals surface area contributed by atoms with E-state index in [-0.39, 0.29) is 22.3 Å². The maximum Gasteiger partial charge on any atom is 0.410 e. The number of likely N-dealkylation sites (tertiary alicyclic amines) is 1. The average molecular weight is 407 g/mol. The Morgan fingerprint density at radius 2 is 1.79 bits per heavy atom. The second-order valence-corrected chi connectivity index (χ2v) is 12.1. The van der Waals surface area contributed by atoms with Gasteiger partial charge in [-0.3, -0.25) is 0 Å². The number of nitrogens with one attached hydrogen (secondary N) is 1. The molecular weight excluding hydrogens is 372 g/mol. The summed E-state index contributed by atoms with van der Waals surface area (Å²) in [7, 11) is 0. The molecule has 3 rings (SSSR count). The van der Waals surface area contributed by atoms with Crippen molar-refractivity contribution in [2.75, 3.05) is 13.1 Å². The fraction of sp³-hybridized carbons (Fsp3) is 0.682. The highest BCUT2D eigenvalue weighted by Crippen LogP contribution is 2.52. The van der Waals surface area contributed by atoms with Crippen LogP contribution in [-0.2, 0) is 22.5 Å². The Hall–Kier alpha value is -1.24. The number of fused-ring (bicyclic) bond motifs is 1. The first-order valence-electron chi connectivity index (χ1n) is 10.2. The molecule has 1 amide bonds. The molecule has 2 atom stereocenters. The van der Waals surface area contributed by atoms with Gasteiger partial charge in [0.05, 0.1) is 6.04 Å². The monoisotopic (exact) mass is 406 g/mol. The summed E-state index contributed by atoms with van der Waals surface area (Å²) in [4.78, 5) is 14.3. The number of hydrogen-bond acceptors (Lipinski definition) is 4. The molecule has 1 saturated heterocycles. The minimum Gasteiger partial charge on any atom is -0.598 e. The van der Waals surface area contributed by atoms with E-state index in [1.54, 1.807) is 0 Å². The number of carbonyl (C=O) groups is 1. The van der Waals surface area contributed by atoms with Crippen molar-refractivity contribution < 1.29 is 14.1 Å². The van der Waals surface area contributed by atoms with Crippen molar-refractivity contribution in [3.05, 3.63) is 35.4 Å². The largest absolute Gasteiger partial charge is 0.598 e. The van der Waals surface area contributed by atoms with Crippen molar-refractivity contribution in [3.63, 3.8) is 0 Å². The first-order chi connectivity index (χ1) is 12.9. The normalized spacial score (nSPS) is 22.8. The number of hydrogen-bond donors (Lipinski definition) is 1. The van der Waals surface area contributed by atoms with Gasteiger partial charge in [0.25, 0.3) is 0 Å². The quantitative estimate of drug-likeness (QED) is 0.742. The maximum atomic E-state index is 12.9. The maximum absolute atomic E-state index is 12.9. The minimum atomic E-state index is -1.15. The molecule has 1 spiro atoms. The van der Waals surface area contributed by atoms with E-state index in [1.807, 2.05) is 46.4 Å². The van der Waals surface area contributed by atoms with Gasteiger partial charge < -0.3 is 14.2 Å². The van der Waals surface area contributed by atoms with Crippen LogP contribution in [0.1, 0.15) is 71.6 Å². The van der Waals surface area contributed by atoms with Crippen LogP contribution in [0.4, 0.5) is 4.79 Å². The van der Waals surface area contributed by atoms with E-state index in [0.717, 1.165) is 19.3 Å². The molecule has 1 aliphatic heterocycles. The zero-order chi connectivity index (χ0) is 20.7. The van der Waals surface area contributed by atoms with Crippen molar-refractivity contribution in [1.82, 2.24) is 9.62 Å². The van der Waals surface area contributed by atoms with E-state index in [9.17, 15) is 9.35 Å². The molecular formula is C22H34N2O3S. The summed E-state index contributed by atoms with van der Waals surface area (Å²) in [5.74, 6) is 0. The lowest BCUT2D eigenvalue weighted by Gasteiger charge is -2.43. The molecule has 6 heteroatoms. The first kappa shape index (κ1) is 21.5. The number of amides is 1. The summed E-state index contributed by atoms with van der Waals surface area (Å²) in [5, 5.41) is 0. The second kappa shape index (κ2) is 7.54. The molecule has 28 heavy (non-hydrogen) atoms. The van der Waals surface area contributed by atoms with Crippen LogP contribution in [0.2, 0.25) is 0 Å². The zero-order valence-corrected chi connectivity index (χ0v) is 18.8. The van der Waals surface area contributed by atoms with Gasteiger partial charge in [0.1, 0.15) is 10.3 Å². The van der Waals surface area contributed by atoms with Crippen LogP contribution >= 0.6 is 0 Å². The van der Waals surface area contributed by atoms with Crippen LogP contribution in [0.25, 0.3) is 0 Å². The molecule has 0 radical (unpaired) electrons. The summed E-state index contributed by atoms with van der Waals surface area (Å²) in [6.07, 6.45) is 2.48. The van der Waals surface area contributed by atoms with E-state index in [2.05, 4.69) is 29.0 Å². The zero-order valence-electron chi connectivity index (χ0n) is 18.0. The summed E-state index contributed by atoms with van der Waals surface area (Å²) in [5.41, 5.74) is 2.09. The molecule has 1 N–H and O–H groups in total. The lowest BCUT2D eigenvalue weighted by atomic mass is 9.73. The molecule has 1 aromatic carbocycles. The van der Waals surface area contributed by atoms with Gasteiger partial charge in [-0.2, -0.15) is 0 Å². The van der Waals surface area contributed by atoms with Gasteiger partial charge in [0, 0.05) is 29.9 Å². The number of carbonyl (C=O) groups excluding carboxylic acids is 1. The third-order valence-corrected chi connectivity index (χ3v) is 7.28. The highest BCUT2D eigenvalue weighted by molar-refractivity contribution is 7.90. The van der Waals surface area contributed by atoms with Crippen molar-refractivity contribution in [1.29, 1.82) is 0 Å². The lowest BCUT2D eigenvalue weighted by molar-refractivity contribution is 0.00716. The molecule has 1 fully saturated rings. The number of piperidine rings is 1. The fourth-order valence-corrected chi connectivity index (χ4v) is 5.13. The number of rotatable bonds is 2. The minimum absolute atomic E-state index is 0.0108. The molecule has 156 valence electrons. The predicted octanol–water partition coefficient (Wildman–Crippen LogP) is 4.35. The van der Waals surface area contributed by atoms with Gasteiger partial charge in [0.15, 0.2) is 0 Å². The predicted molar refractivity (Wildman–Crippen MR) is 113 cm³/mol. The first-order valence-corrected chi connectivity index (χ1v) is 11.3. The van der Waals surface area contributed by atoms with Gasteiger partial charge in [-0.25, -0.2) is 4.79 Å². The van der Waals surface area contributed by atoms with Crippen LogP contribution in [0.5, 0.6) is 0 Å². The van der Waals surface area contributed by atoms with E-state index >= 15 is 0 Å². The Morgan fingerprint density at radius 3 is 2.36 bits per heavy atom. The highest BCUT2D eigenvalue weighted by atomic mass is 32.2. The Balaban J connectivity index is 1.78. The van der Waals surface area contributed by atoms with E-state index in [1.165, 1.54) is 11.1 Å². The molecule has 1 aromatic rings. The number of benzene rings is 1. The van der Waals surface area contributed by atoms with E-state index in [4.69, 9.17) is 4.74 Å². The SMILES string of the molecule is CC(C)(C)OC(=O)N1CCC2(CC1)Cc1ccccc1[C@H]2N[S@@+]([O-])C(C)(C)C. The summed E-state index contributed by atoms with van der Waals surface area (Å²) in [6.45, 7) is 13.0. The van der Waals surface area contributed by atoms with Crippen molar-refractivity contribution in [2.24, 2.45) is 5.41 Å². The standard InChI is InChI=1S/C22H34N2O3S/c1-20(2,3)27-19(25)24-13-11-22(12-14-24)15-16-9-7-8-10-17(16)18(22)23-28(26)21(4,5)6/h7-10,18,23H,11-15H2,1-6H3/t18-,28+/m1/s1. The molecule has 1 aliphatic carbocycles. The van der Waals surface area contributed by atoms with Crippen molar-refractivity contribution >= 4 is 17.5 Å². The van der Waals surface area contributed by atoms with Gasteiger partial charge in [0.2, 0.25) is 0 Å². The molecule has 1 heterocycles. The number of ether oxygens (including phenoxy) is 1. The van der Waals surface area contributed by atoms with E-state index < -0.39 is 17.0 Å². The second-order valence-electron chi connectivity index (χ2n) is 10.1. The van der Waals surface area contributed by atoms with E-state index in [0.29, 0.717) is 13.1 Å². The Bertz CT molecular complexity index is 715. The van der Waals surface area contributed by atoms with Gasteiger partial charge in [-0.05, 0) is 71.9 Å². The molecule has 5 nitrogen and oxygen atoms in total. The number of nitrogens with zero attached hydrogens (tertiary/aromatic N) is 1. The summed E-state index contributed by atoms with van der Waals surface area (Å²) in [6, 6.07) is 8.51. The Labute approximate surface area is 172 Å². The summed E-state index contributed by atoms with van der Waals surface area (Å²) < 4.78 is 21.6. The Kier molecular flexibility index (Phi) is 5.78. The average Bonchev–Trinajstić information content (AvgIpc) is 2.86. The molecule has 0 bridgehead atoms. The topological polar surface area (TPSA) is 64.6 Å².